The summed E-state index contributed by atoms with van der Waals surface area (Å²) in [6, 6.07) is 8.05. The minimum atomic E-state index is -0.650. The maximum atomic E-state index is 11.7. The third-order valence-corrected chi connectivity index (χ3v) is 3.96. The normalized spacial score (nSPS) is 18.5. The number of carboxylic acids is 1. The van der Waals surface area contributed by atoms with Gasteiger partial charge >= 0.3 is 5.97 Å². The first-order chi connectivity index (χ1) is 8.08. The molecule has 0 aliphatic heterocycles. The van der Waals surface area contributed by atoms with E-state index in [1.807, 2.05) is 18.2 Å². The zero-order valence-electron chi connectivity index (χ0n) is 10.6. The summed E-state index contributed by atoms with van der Waals surface area (Å²) < 4.78 is 0. The fourth-order valence-electron chi connectivity index (χ4n) is 3.01. The van der Waals surface area contributed by atoms with E-state index in [0.717, 1.165) is 31.2 Å². The van der Waals surface area contributed by atoms with Gasteiger partial charge in [-0.05, 0) is 29.9 Å². The number of carboxylic acid groups (broad SMARTS) is 1. The molecule has 1 aliphatic carbocycles. The molecule has 1 fully saturated rings. The highest BCUT2D eigenvalue weighted by Gasteiger charge is 2.44. The summed E-state index contributed by atoms with van der Waals surface area (Å²) >= 11 is 0. The van der Waals surface area contributed by atoms with E-state index in [4.69, 9.17) is 0 Å². The number of rotatable bonds is 3. The Bertz CT molecular complexity index is 415. The van der Waals surface area contributed by atoms with Crippen LogP contribution in [-0.4, -0.2) is 11.1 Å². The van der Waals surface area contributed by atoms with Crippen LogP contribution in [0, 0.1) is 0 Å². The second-order valence-electron chi connectivity index (χ2n) is 5.34. The Morgan fingerprint density at radius 3 is 2.35 bits per heavy atom. The van der Waals surface area contributed by atoms with Crippen LogP contribution in [0.4, 0.5) is 0 Å². The maximum absolute atomic E-state index is 11.7. The zero-order chi connectivity index (χ0) is 12.5. The molecule has 0 spiro atoms. The smallest absolute Gasteiger partial charge is 0.314 e. The predicted molar refractivity (Wildman–Crippen MR) is 68.3 cm³/mol. The quantitative estimate of drug-likeness (QED) is 0.862. The average molecular weight is 232 g/mol. The molecule has 17 heavy (non-hydrogen) atoms. The van der Waals surface area contributed by atoms with Gasteiger partial charge in [-0.2, -0.15) is 0 Å². The molecule has 1 N–H and O–H groups in total. The van der Waals surface area contributed by atoms with E-state index in [1.54, 1.807) is 0 Å². The van der Waals surface area contributed by atoms with Crippen molar-refractivity contribution >= 4 is 5.97 Å². The highest BCUT2D eigenvalue weighted by molar-refractivity contribution is 5.82. The number of hydrogen-bond donors (Lipinski definition) is 1. The van der Waals surface area contributed by atoms with Crippen molar-refractivity contribution in [2.75, 3.05) is 0 Å². The topological polar surface area (TPSA) is 37.3 Å². The minimum absolute atomic E-state index is 0.378. The summed E-state index contributed by atoms with van der Waals surface area (Å²) in [6.45, 7) is 4.26. The van der Waals surface area contributed by atoms with Crippen LogP contribution < -0.4 is 0 Å². The van der Waals surface area contributed by atoms with Gasteiger partial charge in [0, 0.05) is 0 Å². The molecule has 0 atom stereocenters. The summed E-state index contributed by atoms with van der Waals surface area (Å²) in [5, 5.41) is 9.62. The molecule has 0 unspecified atom stereocenters. The van der Waals surface area contributed by atoms with Gasteiger partial charge in [-0.3, -0.25) is 4.79 Å². The molecule has 0 amide bonds. The fourth-order valence-corrected chi connectivity index (χ4v) is 3.01. The average Bonchev–Trinajstić information content (AvgIpc) is 2.79. The Hall–Kier alpha value is -1.31. The lowest BCUT2D eigenvalue weighted by molar-refractivity contribution is -0.143. The second-order valence-corrected chi connectivity index (χ2v) is 5.34. The first-order valence-electron chi connectivity index (χ1n) is 6.41. The summed E-state index contributed by atoms with van der Waals surface area (Å²) in [5.41, 5.74) is 1.61. The van der Waals surface area contributed by atoms with Gasteiger partial charge in [-0.1, -0.05) is 51.0 Å². The van der Waals surface area contributed by atoms with Crippen LogP contribution in [0.2, 0.25) is 0 Å². The minimum Gasteiger partial charge on any atom is -0.481 e. The molecule has 2 rings (SSSR count). The molecule has 2 nitrogen and oxygen atoms in total. The van der Waals surface area contributed by atoms with Crippen molar-refractivity contribution in [1.82, 2.24) is 0 Å². The van der Waals surface area contributed by atoms with E-state index in [2.05, 4.69) is 19.9 Å². The van der Waals surface area contributed by atoms with Crippen LogP contribution in [-0.2, 0) is 10.2 Å². The van der Waals surface area contributed by atoms with E-state index in [1.165, 1.54) is 5.56 Å². The van der Waals surface area contributed by atoms with E-state index >= 15 is 0 Å². The van der Waals surface area contributed by atoms with Crippen LogP contribution in [0.5, 0.6) is 0 Å². The number of aliphatic carboxylic acids is 1. The third-order valence-electron chi connectivity index (χ3n) is 3.96. The van der Waals surface area contributed by atoms with Gasteiger partial charge in [0.1, 0.15) is 0 Å². The van der Waals surface area contributed by atoms with Crippen molar-refractivity contribution in [3.8, 4) is 0 Å². The van der Waals surface area contributed by atoms with Gasteiger partial charge in [0.05, 0.1) is 5.41 Å². The molecule has 0 radical (unpaired) electrons. The summed E-state index contributed by atoms with van der Waals surface area (Å²) in [5.74, 6) is -0.272. The van der Waals surface area contributed by atoms with Crippen LogP contribution in [0.3, 0.4) is 0 Å². The van der Waals surface area contributed by atoms with Gasteiger partial charge in [0.2, 0.25) is 0 Å². The highest BCUT2D eigenvalue weighted by Crippen LogP contribution is 2.44. The molecule has 0 heterocycles. The first-order valence-corrected chi connectivity index (χ1v) is 6.41. The number of benzene rings is 1. The monoisotopic (exact) mass is 232 g/mol. The van der Waals surface area contributed by atoms with Crippen molar-refractivity contribution in [2.45, 2.75) is 50.9 Å². The molecule has 2 heteroatoms. The summed E-state index contributed by atoms with van der Waals surface area (Å²) in [7, 11) is 0. The second kappa shape index (κ2) is 4.52. The molecular weight excluding hydrogens is 212 g/mol. The lowest BCUT2D eigenvalue weighted by Gasteiger charge is -2.28. The molecule has 1 aromatic carbocycles. The van der Waals surface area contributed by atoms with Gasteiger partial charge in [-0.15, -0.1) is 0 Å². The maximum Gasteiger partial charge on any atom is 0.314 e. The van der Waals surface area contributed by atoms with Crippen LogP contribution in [0.25, 0.3) is 0 Å². The standard InChI is InChI=1S/C15H20O2/c1-11(2)12-7-3-4-8-13(12)15(14(16)17)9-5-6-10-15/h3-4,7-8,11H,5-6,9-10H2,1-2H3,(H,16,17). The molecular formula is C15H20O2. The Labute approximate surface area is 103 Å². The van der Waals surface area contributed by atoms with Crippen LogP contribution in [0.1, 0.15) is 56.6 Å². The lowest BCUT2D eigenvalue weighted by Crippen LogP contribution is -2.33. The summed E-state index contributed by atoms with van der Waals surface area (Å²) in [6.07, 6.45) is 3.62. The molecule has 1 aliphatic rings. The van der Waals surface area contributed by atoms with E-state index < -0.39 is 11.4 Å². The van der Waals surface area contributed by atoms with Crippen molar-refractivity contribution in [2.24, 2.45) is 0 Å². The van der Waals surface area contributed by atoms with Crippen LogP contribution >= 0.6 is 0 Å². The Morgan fingerprint density at radius 1 is 1.24 bits per heavy atom. The van der Waals surface area contributed by atoms with E-state index in [-0.39, 0.29) is 0 Å². The fraction of sp³-hybridized carbons (Fsp3) is 0.533. The van der Waals surface area contributed by atoms with Gasteiger partial charge in [-0.25, -0.2) is 0 Å². The SMILES string of the molecule is CC(C)c1ccccc1C1(C(=O)O)CCCC1. The molecule has 0 bridgehead atoms. The van der Waals surface area contributed by atoms with Gasteiger partial charge in [0.25, 0.3) is 0 Å². The number of carbonyl (C=O) groups is 1. The number of hydrogen-bond acceptors (Lipinski definition) is 1. The molecule has 1 saturated carbocycles. The van der Waals surface area contributed by atoms with Crippen molar-refractivity contribution in [3.05, 3.63) is 35.4 Å². The lowest BCUT2D eigenvalue weighted by atomic mass is 9.75. The van der Waals surface area contributed by atoms with Crippen LogP contribution in [0.15, 0.2) is 24.3 Å². The van der Waals surface area contributed by atoms with E-state index in [9.17, 15) is 9.90 Å². The molecule has 92 valence electrons. The molecule has 0 saturated heterocycles. The Kier molecular flexibility index (Phi) is 3.23. The van der Waals surface area contributed by atoms with Crippen molar-refractivity contribution < 1.29 is 9.90 Å². The van der Waals surface area contributed by atoms with Gasteiger partial charge < -0.3 is 5.11 Å². The van der Waals surface area contributed by atoms with Crippen molar-refractivity contribution in [3.63, 3.8) is 0 Å². The molecule has 1 aromatic rings. The Morgan fingerprint density at radius 2 is 1.82 bits per heavy atom. The first kappa shape index (κ1) is 12.2. The Balaban J connectivity index is 2.54. The highest BCUT2D eigenvalue weighted by atomic mass is 16.4. The largest absolute Gasteiger partial charge is 0.481 e. The van der Waals surface area contributed by atoms with Gasteiger partial charge in [0.15, 0.2) is 0 Å². The zero-order valence-corrected chi connectivity index (χ0v) is 10.6. The summed E-state index contributed by atoms with van der Waals surface area (Å²) in [4.78, 5) is 11.7. The molecule has 0 aromatic heterocycles. The van der Waals surface area contributed by atoms with E-state index in [0.29, 0.717) is 5.92 Å². The third kappa shape index (κ3) is 1.97. The van der Waals surface area contributed by atoms with Crippen molar-refractivity contribution in [1.29, 1.82) is 0 Å². The predicted octanol–water partition coefficient (Wildman–Crippen LogP) is 3.71.